The van der Waals surface area contributed by atoms with Gasteiger partial charge in [-0.05, 0) is 47.0 Å². The molecule has 24 heavy (non-hydrogen) atoms. The zero-order valence-electron chi connectivity index (χ0n) is 15.1. The third-order valence-corrected chi connectivity index (χ3v) is 4.05. The van der Waals surface area contributed by atoms with Gasteiger partial charge in [0.2, 0.25) is 0 Å². The van der Waals surface area contributed by atoms with Crippen molar-refractivity contribution in [1.29, 1.82) is 0 Å². The van der Waals surface area contributed by atoms with E-state index in [0.717, 1.165) is 0 Å². The number of nitrogens with one attached hydrogen (secondary N) is 1. The second-order valence-corrected chi connectivity index (χ2v) is 7.22. The summed E-state index contributed by atoms with van der Waals surface area (Å²) in [7, 11) is 0. The van der Waals surface area contributed by atoms with Gasteiger partial charge in [0.25, 0.3) is 0 Å². The highest BCUT2D eigenvalue weighted by molar-refractivity contribution is 5.68. The van der Waals surface area contributed by atoms with Crippen LogP contribution in [0.25, 0.3) is 0 Å². The maximum Gasteiger partial charge on any atom is 0.407 e. The topological polar surface area (TPSA) is 67.4 Å². The molecule has 1 N–H and O–H groups in total. The van der Waals surface area contributed by atoms with Crippen LogP contribution in [0.3, 0.4) is 0 Å². The van der Waals surface area contributed by atoms with Crippen LogP contribution in [0, 0.1) is 5.82 Å². The second-order valence-electron chi connectivity index (χ2n) is 7.22. The van der Waals surface area contributed by atoms with Gasteiger partial charge < -0.3 is 15.0 Å². The average Bonchev–Trinajstić information content (AvgIpc) is 2.46. The number of alkyl carbamates (subject to hydrolysis) is 1. The Morgan fingerprint density at radius 1 is 1.46 bits per heavy atom. The highest BCUT2D eigenvalue weighted by atomic mass is 19.1. The van der Waals surface area contributed by atoms with E-state index < -0.39 is 11.7 Å². The van der Waals surface area contributed by atoms with Crippen molar-refractivity contribution in [1.82, 2.24) is 15.3 Å². The summed E-state index contributed by atoms with van der Waals surface area (Å²) in [6, 6.07) is 0.0782. The number of aromatic nitrogens is 2. The number of hydrogen-bond donors (Lipinski definition) is 1. The van der Waals surface area contributed by atoms with Crippen LogP contribution in [0.5, 0.6) is 0 Å². The number of amides is 1. The van der Waals surface area contributed by atoms with Crippen LogP contribution in [0.15, 0.2) is 6.33 Å². The van der Waals surface area contributed by atoms with Crippen molar-refractivity contribution < 1.29 is 13.9 Å². The van der Waals surface area contributed by atoms with Crippen molar-refractivity contribution in [2.75, 3.05) is 11.4 Å². The van der Waals surface area contributed by atoms with Crippen LogP contribution >= 0.6 is 0 Å². The van der Waals surface area contributed by atoms with Gasteiger partial charge in [-0.2, -0.15) is 0 Å². The molecule has 1 fully saturated rings. The van der Waals surface area contributed by atoms with Crippen molar-refractivity contribution >= 4 is 11.9 Å². The van der Waals surface area contributed by atoms with E-state index in [1.165, 1.54) is 6.33 Å². The first-order valence-corrected chi connectivity index (χ1v) is 8.46. The lowest BCUT2D eigenvalue weighted by Crippen LogP contribution is -2.50. The fourth-order valence-electron chi connectivity index (χ4n) is 2.93. The van der Waals surface area contributed by atoms with Crippen LogP contribution in [0.4, 0.5) is 15.0 Å². The molecule has 1 aromatic rings. The first-order valence-electron chi connectivity index (χ1n) is 8.46. The lowest BCUT2D eigenvalue weighted by atomic mass is 9.98. The summed E-state index contributed by atoms with van der Waals surface area (Å²) >= 11 is 0. The van der Waals surface area contributed by atoms with E-state index in [0.29, 0.717) is 37.3 Å². The van der Waals surface area contributed by atoms with Crippen molar-refractivity contribution in [3.8, 4) is 0 Å². The number of nitrogens with zero attached hydrogens (tertiary/aromatic N) is 3. The molecule has 7 heteroatoms. The molecule has 2 atom stereocenters. The zero-order chi connectivity index (χ0) is 17.9. The average molecular weight is 338 g/mol. The summed E-state index contributed by atoms with van der Waals surface area (Å²) in [6.45, 7) is 10.0. The van der Waals surface area contributed by atoms with Gasteiger partial charge in [0.15, 0.2) is 11.6 Å². The van der Waals surface area contributed by atoms with E-state index in [1.807, 2.05) is 39.5 Å². The standard InChI is InChI=1S/C17H27FN4O2/c1-6-13-14(18)15(20-10-19-13)22-8-7-12(9-11(22)2)21-16(23)24-17(3,4)5/h10-12H,6-9H2,1-5H3,(H,21,23). The van der Waals surface area contributed by atoms with Crippen molar-refractivity contribution in [2.24, 2.45) is 0 Å². The molecule has 1 aromatic heterocycles. The normalized spacial score (nSPS) is 21.5. The fraction of sp³-hybridized carbons (Fsp3) is 0.706. The van der Waals surface area contributed by atoms with Gasteiger partial charge in [-0.1, -0.05) is 6.92 Å². The van der Waals surface area contributed by atoms with E-state index in [2.05, 4.69) is 15.3 Å². The predicted octanol–water partition coefficient (Wildman–Crippen LogP) is 3.06. The molecule has 0 saturated carbocycles. The minimum atomic E-state index is -0.517. The maximum atomic E-state index is 14.5. The van der Waals surface area contributed by atoms with Gasteiger partial charge in [-0.25, -0.2) is 19.2 Å². The Labute approximate surface area is 142 Å². The quantitative estimate of drug-likeness (QED) is 0.917. The Morgan fingerprint density at radius 3 is 2.75 bits per heavy atom. The number of hydrogen-bond acceptors (Lipinski definition) is 5. The summed E-state index contributed by atoms with van der Waals surface area (Å²) in [6.07, 6.45) is 2.97. The molecule has 0 aliphatic carbocycles. The van der Waals surface area contributed by atoms with Gasteiger partial charge in [0.05, 0.1) is 5.69 Å². The summed E-state index contributed by atoms with van der Waals surface area (Å²) in [5.41, 5.74) is -0.0852. The second kappa shape index (κ2) is 7.32. The van der Waals surface area contributed by atoms with E-state index >= 15 is 0 Å². The molecule has 0 radical (unpaired) electrons. The largest absolute Gasteiger partial charge is 0.444 e. The third kappa shape index (κ3) is 4.55. The molecule has 1 amide bonds. The number of piperidine rings is 1. The molecule has 2 rings (SSSR count). The molecule has 6 nitrogen and oxygen atoms in total. The number of carbonyl (C=O) groups is 1. The van der Waals surface area contributed by atoms with Crippen molar-refractivity contribution in [3.63, 3.8) is 0 Å². The highest BCUT2D eigenvalue weighted by Gasteiger charge is 2.30. The number of carbonyl (C=O) groups excluding carboxylic acids is 1. The van der Waals surface area contributed by atoms with Crippen LogP contribution < -0.4 is 10.2 Å². The Hall–Kier alpha value is -1.92. The summed E-state index contributed by atoms with van der Waals surface area (Å²) in [4.78, 5) is 21.9. The number of aryl methyl sites for hydroxylation is 1. The SMILES string of the molecule is CCc1ncnc(N2CCC(NC(=O)OC(C)(C)C)CC2C)c1F. The molecular formula is C17H27FN4O2. The summed E-state index contributed by atoms with van der Waals surface area (Å²) in [5.74, 6) is 0.00969. The first-order chi connectivity index (χ1) is 11.2. The lowest BCUT2D eigenvalue weighted by Gasteiger charge is -2.39. The number of rotatable bonds is 3. The number of anilines is 1. The first kappa shape index (κ1) is 18.4. The van der Waals surface area contributed by atoms with Gasteiger partial charge in [-0.3, -0.25) is 0 Å². The molecule has 0 aromatic carbocycles. The minimum Gasteiger partial charge on any atom is -0.444 e. The van der Waals surface area contributed by atoms with E-state index in [4.69, 9.17) is 4.74 Å². The monoisotopic (exact) mass is 338 g/mol. The van der Waals surface area contributed by atoms with Crippen molar-refractivity contribution in [2.45, 2.75) is 71.6 Å². The fourth-order valence-corrected chi connectivity index (χ4v) is 2.93. The molecule has 134 valence electrons. The zero-order valence-corrected chi connectivity index (χ0v) is 15.1. The molecule has 1 saturated heterocycles. The predicted molar refractivity (Wildman–Crippen MR) is 90.6 cm³/mol. The van der Waals surface area contributed by atoms with Crippen LogP contribution in [0.1, 0.15) is 53.2 Å². The molecule has 1 aliphatic rings. The van der Waals surface area contributed by atoms with Crippen molar-refractivity contribution in [3.05, 3.63) is 17.8 Å². The smallest absolute Gasteiger partial charge is 0.407 e. The lowest BCUT2D eigenvalue weighted by molar-refractivity contribution is 0.0494. The van der Waals surface area contributed by atoms with Gasteiger partial charge in [0, 0.05) is 18.6 Å². The van der Waals surface area contributed by atoms with Crippen LogP contribution in [-0.4, -0.2) is 40.3 Å². The van der Waals surface area contributed by atoms with E-state index in [1.54, 1.807) is 0 Å². The molecular weight excluding hydrogens is 311 g/mol. The Bertz CT molecular complexity index is 588. The number of ether oxygens (including phenoxy) is 1. The molecule has 2 heterocycles. The summed E-state index contributed by atoms with van der Waals surface area (Å²) < 4.78 is 19.8. The maximum absolute atomic E-state index is 14.5. The molecule has 0 bridgehead atoms. The minimum absolute atomic E-state index is 0.0154. The Balaban J connectivity index is 2.00. The Kier molecular flexibility index (Phi) is 5.62. The van der Waals surface area contributed by atoms with Crippen LogP contribution in [-0.2, 0) is 11.2 Å². The third-order valence-electron chi connectivity index (χ3n) is 4.05. The molecule has 1 aliphatic heterocycles. The summed E-state index contributed by atoms with van der Waals surface area (Å²) in [5, 5.41) is 2.90. The van der Waals surface area contributed by atoms with E-state index in [9.17, 15) is 9.18 Å². The van der Waals surface area contributed by atoms with E-state index in [-0.39, 0.29) is 17.9 Å². The number of halogens is 1. The molecule has 0 spiro atoms. The van der Waals surface area contributed by atoms with Crippen LogP contribution in [0.2, 0.25) is 0 Å². The highest BCUT2D eigenvalue weighted by Crippen LogP contribution is 2.26. The van der Waals surface area contributed by atoms with Gasteiger partial charge in [-0.15, -0.1) is 0 Å². The Morgan fingerprint density at radius 2 is 2.17 bits per heavy atom. The molecule has 2 unspecified atom stereocenters. The van der Waals surface area contributed by atoms with Gasteiger partial charge in [0.1, 0.15) is 11.9 Å². The van der Waals surface area contributed by atoms with Gasteiger partial charge >= 0.3 is 6.09 Å².